The first-order chi connectivity index (χ1) is 10.6. The van der Waals surface area contributed by atoms with Crippen LogP contribution < -0.4 is 0 Å². The molecule has 6 nitrogen and oxygen atoms in total. The van der Waals surface area contributed by atoms with Crippen LogP contribution >= 0.6 is 0 Å². The number of carbonyl (C=O) groups excluding carboxylic acids is 2. The number of aliphatic hydroxyl groups is 1. The Morgan fingerprint density at radius 2 is 2.00 bits per heavy atom. The van der Waals surface area contributed by atoms with Gasteiger partial charge in [-0.1, -0.05) is 30.3 Å². The van der Waals surface area contributed by atoms with Crippen LogP contribution in [-0.2, 0) is 19.2 Å². The maximum Gasteiger partial charge on any atom is 0.306 e. The van der Waals surface area contributed by atoms with E-state index in [2.05, 4.69) is 0 Å². The third kappa shape index (κ3) is 3.13. The zero-order valence-electron chi connectivity index (χ0n) is 12.8. The first kappa shape index (κ1) is 16.5. The molecule has 1 aromatic rings. The summed E-state index contributed by atoms with van der Waals surface area (Å²) in [5, 5.41) is 11.0. The summed E-state index contributed by atoms with van der Waals surface area (Å²) >= 11 is 0. The van der Waals surface area contributed by atoms with Crippen molar-refractivity contribution in [3.63, 3.8) is 0 Å². The van der Waals surface area contributed by atoms with E-state index in [1.807, 2.05) is 30.3 Å². The van der Waals surface area contributed by atoms with Crippen LogP contribution in [0.1, 0.15) is 24.9 Å². The Bertz CT molecular complexity index is 519. The van der Waals surface area contributed by atoms with Gasteiger partial charge in [0, 0.05) is 12.5 Å². The molecule has 2 rings (SSSR count). The summed E-state index contributed by atoms with van der Waals surface area (Å²) in [5.41, 5.74) is 0.864. The second kappa shape index (κ2) is 7.38. The van der Waals surface area contributed by atoms with Crippen molar-refractivity contribution in [1.82, 2.24) is 5.06 Å². The van der Waals surface area contributed by atoms with Gasteiger partial charge >= 0.3 is 5.97 Å². The van der Waals surface area contributed by atoms with E-state index >= 15 is 0 Å². The second-order valence-corrected chi connectivity index (χ2v) is 5.16. The first-order valence-electron chi connectivity index (χ1n) is 7.32. The molecule has 1 aromatic carbocycles. The summed E-state index contributed by atoms with van der Waals surface area (Å²) in [6.45, 7) is 1.76. The van der Waals surface area contributed by atoms with E-state index in [-0.39, 0.29) is 25.5 Å². The molecule has 0 unspecified atom stereocenters. The number of aliphatic hydroxyl groups excluding tert-OH is 1. The molecule has 1 saturated heterocycles. The Kier molecular flexibility index (Phi) is 5.51. The van der Waals surface area contributed by atoms with Crippen molar-refractivity contribution >= 4 is 11.9 Å². The molecule has 1 aliphatic heterocycles. The number of esters is 1. The van der Waals surface area contributed by atoms with Gasteiger partial charge in [-0.3, -0.25) is 14.4 Å². The monoisotopic (exact) mass is 307 g/mol. The molecule has 0 aromatic heterocycles. The Hall–Kier alpha value is -1.92. The van der Waals surface area contributed by atoms with E-state index in [0.717, 1.165) is 5.56 Å². The molecule has 0 radical (unpaired) electrons. The van der Waals surface area contributed by atoms with Crippen LogP contribution in [0.2, 0.25) is 0 Å². The van der Waals surface area contributed by atoms with Gasteiger partial charge in [0.15, 0.2) is 0 Å². The Morgan fingerprint density at radius 1 is 1.32 bits per heavy atom. The summed E-state index contributed by atoms with van der Waals surface area (Å²) in [6, 6.07) is 8.94. The normalized spacial score (nSPS) is 24.6. The predicted octanol–water partition coefficient (Wildman–Crippen LogP) is 1.31. The van der Waals surface area contributed by atoms with Gasteiger partial charge in [0.1, 0.15) is 0 Å². The van der Waals surface area contributed by atoms with Crippen LogP contribution in [0.5, 0.6) is 0 Å². The van der Waals surface area contributed by atoms with Gasteiger partial charge in [-0.25, -0.2) is 5.06 Å². The SMILES string of the molecule is CCOC(=O)C[C@@H]1C(=O)N(OC)[C@H](c2ccccc2)[C@H]1CO. The average Bonchev–Trinajstić information content (AvgIpc) is 2.80. The zero-order chi connectivity index (χ0) is 16.1. The first-order valence-corrected chi connectivity index (χ1v) is 7.32. The molecule has 0 spiro atoms. The quantitative estimate of drug-likeness (QED) is 0.802. The predicted molar refractivity (Wildman–Crippen MR) is 78.4 cm³/mol. The number of hydroxylamine groups is 2. The fourth-order valence-corrected chi connectivity index (χ4v) is 2.98. The fourth-order valence-electron chi connectivity index (χ4n) is 2.98. The van der Waals surface area contributed by atoms with Gasteiger partial charge in [-0.05, 0) is 12.5 Å². The summed E-state index contributed by atoms with van der Waals surface area (Å²) < 4.78 is 4.92. The van der Waals surface area contributed by atoms with Gasteiger partial charge in [0.05, 0.1) is 32.1 Å². The number of hydrogen-bond donors (Lipinski definition) is 1. The lowest BCUT2D eigenvalue weighted by atomic mass is 9.85. The van der Waals surface area contributed by atoms with Gasteiger partial charge in [0.25, 0.3) is 5.91 Å². The molecule has 0 bridgehead atoms. The maximum absolute atomic E-state index is 12.5. The van der Waals surface area contributed by atoms with E-state index in [1.54, 1.807) is 6.92 Å². The Morgan fingerprint density at radius 3 is 2.55 bits per heavy atom. The minimum absolute atomic E-state index is 0.0545. The molecule has 1 amide bonds. The highest BCUT2D eigenvalue weighted by Gasteiger charge is 2.49. The minimum atomic E-state index is -0.644. The number of benzene rings is 1. The highest BCUT2D eigenvalue weighted by molar-refractivity contribution is 5.86. The van der Waals surface area contributed by atoms with E-state index < -0.39 is 23.8 Å². The molecular weight excluding hydrogens is 286 g/mol. The minimum Gasteiger partial charge on any atom is -0.466 e. The number of amides is 1. The van der Waals surface area contributed by atoms with Gasteiger partial charge in [-0.2, -0.15) is 0 Å². The molecule has 6 heteroatoms. The number of ether oxygens (including phenoxy) is 1. The molecule has 3 atom stereocenters. The molecule has 22 heavy (non-hydrogen) atoms. The number of carbonyl (C=O) groups is 2. The molecule has 1 N–H and O–H groups in total. The summed E-state index contributed by atoms with van der Waals surface area (Å²) in [5.74, 6) is -1.80. The summed E-state index contributed by atoms with van der Waals surface area (Å²) in [4.78, 5) is 29.5. The smallest absolute Gasteiger partial charge is 0.306 e. The molecular formula is C16H21NO5. The lowest BCUT2D eigenvalue weighted by Crippen LogP contribution is -2.29. The van der Waals surface area contributed by atoms with Crippen LogP contribution in [-0.4, -0.2) is 42.4 Å². The lowest BCUT2D eigenvalue weighted by Gasteiger charge is -2.25. The summed E-state index contributed by atoms with van der Waals surface area (Å²) in [6.07, 6.45) is -0.0545. The zero-order valence-corrected chi connectivity index (χ0v) is 12.8. The lowest BCUT2D eigenvalue weighted by molar-refractivity contribution is -0.181. The van der Waals surface area contributed by atoms with Gasteiger partial charge in [0.2, 0.25) is 0 Å². The van der Waals surface area contributed by atoms with Crippen molar-refractivity contribution in [1.29, 1.82) is 0 Å². The molecule has 0 saturated carbocycles. The topological polar surface area (TPSA) is 76.1 Å². The Labute approximate surface area is 129 Å². The van der Waals surface area contributed by atoms with Crippen LogP contribution in [0, 0.1) is 11.8 Å². The third-order valence-electron chi connectivity index (χ3n) is 3.95. The number of rotatable bonds is 6. The van der Waals surface area contributed by atoms with Crippen LogP contribution in [0.3, 0.4) is 0 Å². The molecule has 1 aliphatic rings. The van der Waals surface area contributed by atoms with Crippen molar-refractivity contribution in [3.8, 4) is 0 Å². The molecule has 1 heterocycles. The van der Waals surface area contributed by atoms with E-state index in [0.29, 0.717) is 0 Å². The largest absolute Gasteiger partial charge is 0.466 e. The standard InChI is InChI=1S/C16H21NO5/c1-3-22-14(19)9-12-13(10-18)15(17(21-2)16(12)20)11-7-5-4-6-8-11/h4-8,12-13,15,18H,3,9-10H2,1-2H3/t12-,13-,15+/m0/s1. The van der Waals surface area contributed by atoms with Crippen molar-refractivity contribution in [3.05, 3.63) is 35.9 Å². The van der Waals surface area contributed by atoms with E-state index in [4.69, 9.17) is 9.57 Å². The average molecular weight is 307 g/mol. The number of nitrogens with zero attached hydrogens (tertiary/aromatic N) is 1. The fraction of sp³-hybridized carbons (Fsp3) is 0.500. The van der Waals surface area contributed by atoms with Crippen molar-refractivity contribution in [2.45, 2.75) is 19.4 Å². The van der Waals surface area contributed by atoms with Crippen molar-refractivity contribution < 1.29 is 24.3 Å². The molecule has 0 aliphatic carbocycles. The van der Waals surface area contributed by atoms with E-state index in [1.165, 1.54) is 12.2 Å². The molecule has 120 valence electrons. The maximum atomic E-state index is 12.5. The van der Waals surface area contributed by atoms with E-state index in [9.17, 15) is 14.7 Å². The highest BCUT2D eigenvalue weighted by Crippen LogP contribution is 2.42. The van der Waals surface area contributed by atoms with Crippen LogP contribution in [0.15, 0.2) is 30.3 Å². The summed E-state index contributed by atoms with van der Waals surface area (Å²) in [7, 11) is 1.41. The second-order valence-electron chi connectivity index (χ2n) is 5.16. The number of hydrogen-bond acceptors (Lipinski definition) is 5. The molecule has 1 fully saturated rings. The highest BCUT2D eigenvalue weighted by atomic mass is 16.7. The van der Waals surface area contributed by atoms with Crippen LogP contribution in [0.4, 0.5) is 0 Å². The van der Waals surface area contributed by atoms with Gasteiger partial charge < -0.3 is 9.84 Å². The van der Waals surface area contributed by atoms with Crippen molar-refractivity contribution in [2.75, 3.05) is 20.3 Å². The third-order valence-corrected chi connectivity index (χ3v) is 3.95. The van der Waals surface area contributed by atoms with Crippen LogP contribution in [0.25, 0.3) is 0 Å². The Balaban J connectivity index is 2.29. The van der Waals surface area contributed by atoms with Gasteiger partial charge in [-0.15, -0.1) is 0 Å². The van der Waals surface area contributed by atoms with Crippen molar-refractivity contribution in [2.24, 2.45) is 11.8 Å².